The van der Waals surface area contributed by atoms with Crippen LogP contribution in [0.3, 0.4) is 0 Å². The topological polar surface area (TPSA) is 86.6 Å². The number of nitrogens with one attached hydrogen (secondary N) is 1. The Labute approximate surface area is 76.1 Å². The van der Waals surface area contributed by atoms with E-state index in [0.29, 0.717) is 0 Å². The first kappa shape index (κ1) is 11.6. The average molecular weight is 187 g/mol. The fourth-order valence-electron chi connectivity index (χ4n) is 0.598. The highest BCUT2D eigenvalue weighted by atomic mass is 16.4. The molecule has 1 atom stereocenters. The van der Waals surface area contributed by atoms with Crippen molar-refractivity contribution < 1.29 is 19.8 Å². The lowest BCUT2D eigenvalue weighted by Crippen LogP contribution is -2.35. The molecule has 0 aromatic rings. The fourth-order valence-corrected chi connectivity index (χ4v) is 0.598. The Morgan fingerprint density at radius 2 is 2.00 bits per heavy atom. The minimum atomic E-state index is -1.55. The lowest BCUT2D eigenvalue weighted by atomic mass is 10.3. The van der Waals surface area contributed by atoms with Crippen LogP contribution in [0, 0.1) is 0 Å². The van der Waals surface area contributed by atoms with Gasteiger partial charge in [-0.2, -0.15) is 0 Å². The van der Waals surface area contributed by atoms with Gasteiger partial charge < -0.3 is 15.5 Å². The second kappa shape index (κ2) is 5.31. The van der Waals surface area contributed by atoms with E-state index >= 15 is 0 Å². The summed E-state index contributed by atoms with van der Waals surface area (Å²) in [6.07, 6.45) is -0.219. The Hall–Kier alpha value is -1.36. The van der Waals surface area contributed by atoms with Gasteiger partial charge in [-0.05, 0) is 13.8 Å². The van der Waals surface area contributed by atoms with Crippen molar-refractivity contribution >= 4 is 11.9 Å². The summed E-state index contributed by atoms with van der Waals surface area (Å²) in [5, 5.41) is 19.3. The molecule has 0 radical (unpaired) electrons. The van der Waals surface area contributed by atoms with Crippen molar-refractivity contribution in [2.75, 3.05) is 6.54 Å². The van der Waals surface area contributed by atoms with E-state index < -0.39 is 18.0 Å². The van der Waals surface area contributed by atoms with Crippen molar-refractivity contribution in [3.63, 3.8) is 0 Å². The number of hydrogen-bond acceptors (Lipinski definition) is 3. The van der Waals surface area contributed by atoms with Crippen molar-refractivity contribution in [3.05, 3.63) is 11.6 Å². The smallest absolute Gasteiger partial charge is 0.334 e. The van der Waals surface area contributed by atoms with Crippen molar-refractivity contribution in [2.24, 2.45) is 0 Å². The molecule has 0 rings (SSSR count). The summed E-state index contributed by atoms with van der Waals surface area (Å²) >= 11 is 0. The van der Waals surface area contributed by atoms with Crippen molar-refractivity contribution in [1.29, 1.82) is 0 Å². The summed E-state index contributed by atoms with van der Waals surface area (Å²) in [5.41, 5.74) is 0.808. The van der Waals surface area contributed by atoms with Gasteiger partial charge in [0.05, 0.1) is 6.54 Å². The van der Waals surface area contributed by atoms with Gasteiger partial charge in [0.25, 0.3) is 0 Å². The standard InChI is InChI=1S/C8H13NO4/c1-5(2)3-7(11)9-4-6(10)8(12)13/h3,6,10H,4H2,1-2H3,(H,9,11)(H,12,13). The number of rotatable bonds is 4. The number of carbonyl (C=O) groups is 2. The first-order chi connectivity index (χ1) is 5.93. The molecular weight excluding hydrogens is 174 g/mol. The largest absolute Gasteiger partial charge is 0.479 e. The maximum absolute atomic E-state index is 10.9. The first-order valence-electron chi connectivity index (χ1n) is 3.77. The van der Waals surface area contributed by atoms with Gasteiger partial charge >= 0.3 is 5.97 Å². The summed E-state index contributed by atoms with van der Waals surface area (Å²) in [6, 6.07) is 0. The molecule has 3 N–H and O–H groups in total. The number of amides is 1. The Bertz CT molecular complexity index is 230. The van der Waals surface area contributed by atoms with Gasteiger partial charge in [-0.3, -0.25) is 4.79 Å². The maximum atomic E-state index is 10.9. The maximum Gasteiger partial charge on any atom is 0.334 e. The molecule has 0 aliphatic carbocycles. The predicted molar refractivity (Wildman–Crippen MR) is 46.1 cm³/mol. The molecule has 0 saturated carbocycles. The molecule has 0 aliphatic heterocycles. The van der Waals surface area contributed by atoms with Gasteiger partial charge in [-0.1, -0.05) is 5.57 Å². The monoisotopic (exact) mass is 187 g/mol. The van der Waals surface area contributed by atoms with Crippen LogP contribution in [0.1, 0.15) is 13.8 Å². The molecule has 1 amide bonds. The summed E-state index contributed by atoms with van der Waals surface area (Å²) in [5.74, 6) is -1.75. The molecule has 1 unspecified atom stereocenters. The highest BCUT2D eigenvalue weighted by molar-refractivity contribution is 5.88. The Kier molecular flexibility index (Phi) is 4.76. The molecule has 0 fully saturated rings. The molecule has 0 spiro atoms. The van der Waals surface area contributed by atoms with Crippen molar-refractivity contribution in [3.8, 4) is 0 Å². The predicted octanol–water partition coefficient (Wildman–Crippen LogP) is -0.486. The molecule has 0 heterocycles. The third-order valence-corrected chi connectivity index (χ3v) is 1.17. The number of allylic oxidation sites excluding steroid dienone is 1. The Morgan fingerprint density at radius 3 is 2.38 bits per heavy atom. The molecule has 0 aromatic heterocycles. The summed E-state index contributed by atoms with van der Waals surface area (Å²) in [7, 11) is 0. The molecule has 0 bridgehead atoms. The van der Waals surface area contributed by atoms with Gasteiger partial charge in [-0.25, -0.2) is 4.79 Å². The van der Waals surface area contributed by atoms with Crippen LogP contribution in [-0.4, -0.2) is 34.7 Å². The van der Waals surface area contributed by atoms with Crippen molar-refractivity contribution in [2.45, 2.75) is 20.0 Å². The van der Waals surface area contributed by atoms with Gasteiger partial charge in [0.2, 0.25) is 5.91 Å². The molecule has 0 aliphatic rings. The quantitative estimate of drug-likeness (QED) is 0.518. The van der Waals surface area contributed by atoms with Crippen LogP contribution in [0.5, 0.6) is 0 Å². The second-order valence-corrected chi connectivity index (χ2v) is 2.82. The molecule has 5 nitrogen and oxygen atoms in total. The molecule has 0 aromatic carbocycles. The second-order valence-electron chi connectivity index (χ2n) is 2.82. The van der Waals surface area contributed by atoms with Crippen LogP contribution in [0.15, 0.2) is 11.6 Å². The highest BCUT2D eigenvalue weighted by Crippen LogP contribution is 1.87. The molecule has 0 saturated heterocycles. The van der Waals surface area contributed by atoms with Crippen LogP contribution in [-0.2, 0) is 9.59 Å². The zero-order valence-corrected chi connectivity index (χ0v) is 7.57. The molecular formula is C8H13NO4. The third-order valence-electron chi connectivity index (χ3n) is 1.17. The zero-order chi connectivity index (χ0) is 10.4. The van der Waals surface area contributed by atoms with E-state index in [2.05, 4.69) is 5.32 Å². The van der Waals surface area contributed by atoms with Gasteiger partial charge in [0.1, 0.15) is 0 Å². The van der Waals surface area contributed by atoms with Gasteiger partial charge in [0, 0.05) is 6.08 Å². The normalized spacial score (nSPS) is 11.6. The summed E-state index contributed by atoms with van der Waals surface area (Å²) in [4.78, 5) is 21.0. The van der Waals surface area contributed by atoms with E-state index in [0.717, 1.165) is 5.57 Å². The third kappa shape index (κ3) is 5.86. The minimum absolute atomic E-state index is 0.280. The zero-order valence-electron chi connectivity index (χ0n) is 7.57. The number of aliphatic hydroxyl groups is 1. The van der Waals surface area contributed by atoms with Gasteiger partial charge in [-0.15, -0.1) is 0 Å². The van der Waals surface area contributed by atoms with Gasteiger partial charge in [0.15, 0.2) is 6.10 Å². The lowest BCUT2D eigenvalue weighted by molar-refractivity contribution is -0.146. The highest BCUT2D eigenvalue weighted by Gasteiger charge is 2.12. The average Bonchev–Trinajstić information content (AvgIpc) is 1.98. The van der Waals surface area contributed by atoms with E-state index in [1.807, 2.05) is 0 Å². The van der Waals surface area contributed by atoms with Crippen LogP contribution in [0.4, 0.5) is 0 Å². The van der Waals surface area contributed by atoms with E-state index in [1.165, 1.54) is 6.08 Å². The number of aliphatic hydroxyl groups excluding tert-OH is 1. The first-order valence-corrected chi connectivity index (χ1v) is 3.77. The van der Waals surface area contributed by atoms with Crippen LogP contribution in [0.2, 0.25) is 0 Å². The Balaban J connectivity index is 3.84. The van der Waals surface area contributed by atoms with Crippen molar-refractivity contribution in [1.82, 2.24) is 5.32 Å². The lowest BCUT2D eigenvalue weighted by Gasteiger charge is -2.05. The van der Waals surface area contributed by atoms with E-state index in [9.17, 15) is 9.59 Å². The van der Waals surface area contributed by atoms with E-state index in [4.69, 9.17) is 10.2 Å². The number of carboxylic acid groups (broad SMARTS) is 1. The van der Waals surface area contributed by atoms with Crippen LogP contribution < -0.4 is 5.32 Å². The van der Waals surface area contributed by atoms with E-state index in [1.54, 1.807) is 13.8 Å². The number of aliphatic carboxylic acids is 1. The molecule has 13 heavy (non-hydrogen) atoms. The SMILES string of the molecule is CC(C)=CC(=O)NCC(O)C(=O)O. The number of carboxylic acids is 1. The number of carbonyl (C=O) groups excluding carboxylic acids is 1. The molecule has 74 valence electrons. The molecule has 5 heteroatoms. The van der Waals surface area contributed by atoms with Crippen LogP contribution in [0.25, 0.3) is 0 Å². The Morgan fingerprint density at radius 1 is 1.46 bits per heavy atom. The van der Waals surface area contributed by atoms with Crippen LogP contribution >= 0.6 is 0 Å². The fraction of sp³-hybridized carbons (Fsp3) is 0.500. The minimum Gasteiger partial charge on any atom is -0.479 e. The summed E-state index contributed by atoms with van der Waals surface area (Å²) in [6.45, 7) is 3.21. The van der Waals surface area contributed by atoms with E-state index in [-0.39, 0.29) is 6.54 Å². The summed E-state index contributed by atoms with van der Waals surface area (Å²) < 4.78 is 0. The number of hydrogen-bond donors (Lipinski definition) is 3.